The largest absolute Gasteiger partial charge is 0.381 e. The van der Waals surface area contributed by atoms with Gasteiger partial charge in [0.2, 0.25) is 5.91 Å². The number of hydrogen-bond donors (Lipinski definition) is 1. The van der Waals surface area contributed by atoms with E-state index >= 15 is 0 Å². The maximum Gasteiger partial charge on any atom is 0.274 e. The third-order valence-electron chi connectivity index (χ3n) is 4.51. The number of carbonyl (C=O) groups is 1. The summed E-state index contributed by atoms with van der Waals surface area (Å²) in [5.74, 6) is -0.130. The van der Waals surface area contributed by atoms with E-state index in [2.05, 4.69) is 5.32 Å². The van der Waals surface area contributed by atoms with E-state index in [1.165, 1.54) is 0 Å². The van der Waals surface area contributed by atoms with Gasteiger partial charge in [0, 0.05) is 19.3 Å². The summed E-state index contributed by atoms with van der Waals surface area (Å²) in [6.07, 6.45) is 4.34. The van der Waals surface area contributed by atoms with Gasteiger partial charge in [-0.3, -0.25) is 19.0 Å². The number of carbonyl (C=O) groups excluding carboxylic acids is 1. The molecule has 0 unspecified atom stereocenters. The summed E-state index contributed by atoms with van der Waals surface area (Å²) in [6, 6.07) is 15.4. The van der Waals surface area contributed by atoms with Crippen LogP contribution in [-0.4, -0.2) is 28.5 Å². The number of amides is 1. The highest BCUT2D eigenvalue weighted by Gasteiger charge is 2.11. The van der Waals surface area contributed by atoms with Gasteiger partial charge in [0.25, 0.3) is 5.56 Å². The van der Waals surface area contributed by atoms with E-state index in [1.807, 2.05) is 66.2 Å². The molecule has 146 valence electrons. The number of rotatable bonds is 8. The number of nitrogens with zero attached hydrogens (tertiary/aromatic N) is 2. The lowest BCUT2D eigenvalue weighted by atomic mass is 10.2. The fraction of sp³-hybridized carbons (Fsp3) is 0.273. The van der Waals surface area contributed by atoms with Crippen molar-refractivity contribution in [2.45, 2.75) is 19.9 Å². The van der Waals surface area contributed by atoms with Gasteiger partial charge in [-0.1, -0.05) is 42.5 Å². The number of fused-ring (bicyclic) bond motifs is 1. The topological polar surface area (TPSA) is 65.3 Å². The third-order valence-corrected chi connectivity index (χ3v) is 4.51. The molecule has 0 bridgehead atoms. The summed E-state index contributed by atoms with van der Waals surface area (Å²) < 4.78 is 8.71. The molecule has 1 N–H and O–H groups in total. The number of ether oxygens (including phenoxy) is 1. The van der Waals surface area contributed by atoms with Crippen molar-refractivity contribution >= 4 is 28.6 Å². The first-order valence-electron chi connectivity index (χ1n) is 9.39. The van der Waals surface area contributed by atoms with Gasteiger partial charge >= 0.3 is 0 Å². The zero-order chi connectivity index (χ0) is 19.9. The van der Waals surface area contributed by atoms with Crippen LogP contribution in [0, 0.1) is 0 Å². The maximum absolute atomic E-state index is 12.6. The minimum Gasteiger partial charge on any atom is -0.381 e. The average molecular weight is 379 g/mol. The Morgan fingerprint density at radius 2 is 1.96 bits per heavy atom. The number of anilines is 1. The summed E-state index contributed by atoms with van der Waals surface area (Å²) in [4.78, 5) is 24.6. The first-order valence-corrected chi connectivity index (χ1v) is 9.39. The van der Waals surface area contributed by atoms with E-state index in [-0.39, 0.29) is 17.9 Å². The minimum atomic E-state index is -0.130. The molecule has 3 aromatic rings. The average Bonchev–Trinajstić information content (AvgIpc) is 2.93. The molecule has 0 saturated carbocycles. The summed E-state index contributed by atoms with van der Waals surface area (Å²) in [7, 11) is 1.75. The Morgan fingerprint density at radius 3 is 2.71 bits per heavy atom. The van der Waals surface area contributed by atoms with Gasteiger partial charge in [0.15, 0.2) is 0 Å². The van der Waals surface area contributed by atoms with Crippen molar-refractivity contribution in [2.75, 3.05) is 18.5 Å². The van der Waals surface area contributed by atoms with E-state index in [1.54, 1.807) is 17.8 Å². The van der Waals surface area contributed by atoms with Crippen molar-refractivity contribution < 1.29 is 9.53 Å². The molecule has 0 radical (unpaired) electrons. The molecular formula is C22H25N3O3. The molecule has 0 aliphatic carbocycles. The summed E-state index contributed by atoms with van der Waals surface area (Å²) in [5.41, 5.74) is 2.47. The third kappa shape index (κ3) is 4.58. The molecule has 3 rings (SSSR count). The maximum atomic E-state index is 12.6. The SMILES string of the molecule is CCOCCC(=O)Nc1ccc2c(c1)c(=O)n(C)n2C/C=C/c1ccccc1. The smallest absolute Gasteiger partial charge is 0.274 e. The second-order valence-corrected chi connectivity index (χ2v) is 6.45. The van der Waals surface area contributed by atoms with Crippen molar-refractivity contribution in [3.63, 3.8) is 0 Å². The number of hydrogen-bond acceptors (Lipinski definition) is 3. The van der Waals surface area contributed by atoms with Gasteiger partial charge in [-0.2, -0.15) is 0 Å². The summed E-state index contributed by atoms with van der Waals surface area (Å²) >= 11 is 0. The fourth-order valence-electron chi connectivity index (χ4n) is 3.06. The van der Waals surface area contributed by atoms with Crippen LogP contribution in [0.1, 0.15) is 18.9 Å². The monoisotopic (exact) mass is 379 g/mol. The Hall–Kier alpha value is -3.12. The molecule has 6 heteroatoms. The molecule has 1 aromatic heterocycles. The molecule has 1 heterocycles. The van der Waals surface area contributed by atoms with E-state index in [4.69, 9.17) is 4.74 Å². The van der Waals surface area contributed by atoms with Crippen molar-refractivity contribution in [3.05, 3.63) is 70.5 Å². The van der Waals surface area contributed by atoms with Crippen LogP contribution in [0.2, 0.25) is 0 Å². The predicted molar refractivity (Wildman–Crippen MR) is 112 cm³/mol. The lowest BCUT2D eigenvalue weighted by molar-refractivity contribution is -0.117. The van der Waals surface area contributed by atoms with E-state index < -0.39 is 0 Å². The van der Waals surface area contributed by atoms with Crippen molar-refractivity contribution in [2.24, 2.45) is 7.05 Å². The number of nitrogens with one attached hydrogen (secondary N) is 1. The highest BCUT2D eigenvalue weighted by molar-refractivity contribution is 5.93. The second-order valence-electron chi connectivity index (χ2n) is 6.45. The van der Waals surface area contributed by atoms with Crippen LogP contribution in [0.3, 0.4) is 0 Å². The summed E-state index contributed by atoms with van der Waals surface area (Å²) in [6.45, 7) is 3.43. The molecule has 0 aliphatic heterocycles. The van der Waals surface area contributed by atoms with Crippen LogP contribution in [0.4, 0.5) is 5.69 Å². The highest BCUT2D eigenvalue weighted by atomic mass is 16.5. The number of benzene rings is 2. The van der Waals surface area contributed by atoms with Crippen LogP contribution in [-0.2, 0) is 23.1 Å². The zero-order valence-electron chi connectivity index (χ0n) is 16.2. The Kier molecular flexibility index (Phi) is 6.45. The fourth-order valence-corrected chi connectivity index (χ4v) is 3.06. The van der Waals surface area contributed by atoms with Gasteiger partial charge in [0.1, 0.15) is 0 Å². The Labute approximate surface area is 164 Å². The quantitative estimate of drug-likeness (QED) is 0.610. The normalized spacial score (nSPS) is 11.4. The number of aromatic nitrogens is 2. The molecule has 0 spiro atoms. The predicted octanol–water partition coefficient (Wildman–Crippen LogP) is 3.42. The van der Waals surface area contributed by atoms with Crippen LogP contribution in [0.15, 0.2) is 59.4 Å². The van der Waals surface area contributed by atoms with Crippen LogP contribution in [0.25, 0.3) is 17.0 Å². The first-order chi connectivity index (χ1) is 13.6. The molecule has 6 nitrogen and oxygen atoms in total. The van der Waals surface area contributed by atoms with Gasteiger partial charge < -0.3 is 10.1 Å². The Balaban J connectivity index is 1.78. The molecule has 0 fully saturated rings. The van der Waals surface area contributed by atoms with Gasteiger partial charge in [-0.15, -0.1) is 0 Å². The number of allylic oxidation sites excluding steroid dienone is 1. The molecule has 0 atom stereocenters. The van der Waals surface area contributed by atoms with Gasteiger partial charge in [-0.05, 0) is 30.7 Å². The van der Waals surface area contributed by atoms with Crippen molar-refractivity contribution in [1.82, 2.24) is 9.36 Å². The second kappa shape index (κ2) is 9.19. The molecule has 0 saturated heterocycles. The zero-order valence-corrected chi connectivity index (χ0v) is 16.2. The first kappa shape index (κ1) is 19.6. The van der Waals surface area contributed by atoms with Crippen molar-refractivity contribution in [1.29, 1.82) is 0 Å². The van der Waals surface area contributed by atoms with E-state index in [0.717, 1.165) is 11.1 Å². The lowest BCUT2D eigenvalue weighted by Crippen LogP contribution is -2.18. The van der Waals surface area contributed by atoms with Crippen LogP contribution in [0.5, 0.6) is 0 Å². The molecule has 1 amide bonds. The molecule has 2 aromatic carbocycles. The van der Waals surface area contributed by atoms with Gasteiger partial charge in [0.05, 0.1) is 30.5 Å². The van der Waals surface area contributed by atoms with Crippen LogP contribution >= 0.6 is 0 Å². The van der Waals surface area contributed by atoms with E-state index in [0.29, 0.717) is 30.8 Å². The highest BCUT2D eigenvalue weighted by Crippen LogP contribution is 2.18. The van der Waals surface area contributed by atoms with Crippen LogP contribution < -0.4 is 10.9 Å². The van der Waals surface area contributed by atoms with E-state index in [9.17, 15) is 9.59 Å². The van der Waals surface area contributed by atoms with Gasteiger partial charge in [-0.25, -0.2) is 0 Å². The molecule has 0 aliphatic rings. The minimum absolute atomic E-state index is 0.0893. The summed E-state index contributed by atoms with van der Waals surface area (Å²) in [5, 5.41) is 3.40. The van der Waals surface area contributed by atoms with Crippen molar-refractivity contribution in [3.8, 4) is 0 Å². The lowest BCUT2D eigenvalue weighted by Gasteiger charge is -2.07. The standard InChI is InChI=1S/C22H25N3O3/c1-3-28-15-13-21(26)23-18-11-12-20-19(16-18)22(27)24(2)25(20)14-7-10-17-8-5-4-6-9-17/h4-12,16H,3,13-15H2,1-2H3,(H,23,26)/b10-7+. The Bertz CT molecular complexity index is 1030. The molecular weight excluding hydrogens is 354 g/mol. The molecule has 28 heavy (non-hydrogen) atoms. The Morgan fingerprint density at radius 1 is 1.18 bits per heavy atom.